The van der Waals surface area contributed by atoms with E-state index in [0.717, 1.165) is 24.5 Å². The predicted octanol–water partition coefficient (Wildman–Crippen LogP) is 3.44. The summed E-state index contributed by atoms with van der Waals surface area (Å²) in [4.78, 5) is 0. The van der Waals surface area contributed by atoms with Crippen molar-refractivity contribution in [3.05, 3.63) is 22.6 Å². The second-order valence-corrected chi connectivity index (χ2v) is 4.79. The van der Waals surface area contributed by atoms with Crippen LogP contribution in [0.15, 0.2) is 4.42 Å². The second-order valence-electron chi connectivity index (χ2n) is 4.79. The van der Waals surface area contributed by atoms with E-state index in [-0.39, 0.29) is 5.54 Å². The van der Waals surface area contributed by atoms with E-state index in [4.69, 9.17) is 4.42 Å². The lowest BCUT2D eigenvalue weighted by Gasteiger charge is -2.24. The Bertz CT molecular complexity index is 337. The molecule has 0 unspecified atom stereocenters. The predicted molar refractivity (Wildman–Crippen MR) is 64.2 cm³/mol. The molecule has 15 heavy (non-hydrogen) atoms. The lowest BCUT2D eigenvalue weighted by atomic mass is 9.97. The Morgan fingerprint density at radius 1 is 1.13 bits per heavy atom. The molecule has 0 aromatic carbocycles. The van der Waals surface area contributed by atoms with Crippen molar-refractivity contribution in [2.45, 2.75) is 53.5 Å². The largest absolute Gasteiger partial charge is 0.464 e. The van der Waals surface area contributed by atoms with Gasteiger partial charge in [-0.1, -0.05) is 6.92 Å². The monoisotopic (exact) mass is 209 g/mol. The molecular formula is C13H23NO. The standard InChI is InChI=1S/C13H23NO/c1-7-8-14-13(5,6)12-10(3)9(2)11(4)15-12/h14H,7-8H2,1-6H3. The summed E-state index contributed by atoms with van der Waals surface area (Å²) in [6.45, 7) is 13.8. The fourth-order valence-corrected chi connectivity index (χ4v) is 1.85. The third kappa shape index (κ3) is 2.43. The first kappa shape index (κ1) is 12.3. The van der Waals surface area contributed by atoms with Gasteiger partial charge < -0.3 is 9.73 Å². The maximum Gasteiger partial charge on any atom is 0.126 e. The van der Waals surface area contributed by atoms with Crippen molar-refractivity contribution in [2.24, 2.45) is 0 Å². The molecule has 1 aromatic rings. The van der Waals surface area contributed by atoms with Gasteiger partial charge in [0.05, 0.1) is 5.54 Å². The van der Waals surface area contributed by atoms with Gasteiger partial charge >= 0.3 is 0 Å². The Kier molecular flexibility index (Phi) is 3.61. The zero-order valence-electron chi connectivity index (χ0n) is 10.8. The molecule has 0 saturated carbocycles. The minimum atomic E-state index is -0.0703. The van der Waals surface area contributed by atoms with E-state index in [9.17, 15) is 0 Å². The van der Waals surface area contributed by atoms with E-state index < -0.39 is 0 Å². The number of hydrogen-bond donors (Lipinski definition) is 1. The average molecular weight is 209 g/mol. The van der Waals surface area contributed by atoms with E-state index in [1.54, 1.807) is 0 Å². The van der Waals surface area contributed by atoms with E-state index in [1.165, 1.54) is 11.1 Å². The summed E-state index contributed by atoms with van der Waals surface area (Å²) in [7, 11) is 0. The number of nitrogens with one attached hydrogen (secondary N) is 1. The first-order valence-corrected chi connectivity index (χ1v) is 5.72. The minimum Gasteiger partial charge on any atom is -0.464 e. The fourth-order valence-electron chi connectivity index (χ4n) is 1.85. The Morgan fingerprint density at radius 3 is 2.13 bits per heavy atom. The topological polar surface area (TPSA) is 25.2 Å². The molecule has 1 heterocycles. The lowest BCUT2D eigenvalue weighted by Crippen LogP contribution is -2.37. The summed E-state index contributed by atoms with van der Waals surface area (Å²) < 4.78 is 5.84. The van der Waals surface area contributed by atoms with Crippen molar-refractivity contribution in [3.63, 3.8) is 0 Å². The molecule has 0 fully saturated rings. The summed E-state index contributed by atoms with van der Waals surface area (Å²) in [5.41, 5.74) is 2.48. The van der Waals surface area contributed by atoms with E-state index in [1.807, 2.05) is 6.92 Å². The molecule has 0 atom stereocenters. The van der Waals surface area contributed by atoms with Crippen molar-refractivity contribution in [2.75, 3.05) is 6.54 Å². The molecule has 0 saturated heterocycles. The van der Waals surface area contributed by atoms with Gasteiger partial charge in [0.15, 0.2) is 0 Å². The van der Waals surface area contributed by atoms with Gasteiger partial charge in [-0.3, -0.25) is 0 Å². The molecule has 0 bridgehead atoms. The number of furan rings is 1. The summed E-state index contributed by atoms with van der Waals surface area (Å²) in [5, 5.41) is 3.51. The zero-order chi connectivity index (χ0) is 11.6. The Morgan fingerprint density at radius 2 is 1.73 bits per heavy atom. The van der Waals surface area contributed by atoms with Crippen molar-refractivity contribution in [1.29, 1.82) is 0 Å². The summed E-state index contributed by atoms with van der Waals surface area (Å²) in [6, 6.07) is 0. The molecule has 1 N–H and O–H groups in total. The summed E-state index contributed by atoms with van der Waals surface area (Å²) in [5.74, 6) is 2.11. The van der Waals surface area contributed by atoms with Crippen LogP contribution in [-0.4, -0.2) is 6.54 Å². The van der Waals surface area contributed by atoms with Crippen LogP contribution in [0.5, 0.6) is 0 Å². The van der Waals surface area contributed by atoms with Crippen LogP contribution < -0.4 is 5.32 Å². The molecule has 86 valence electrons. The second kappa shape index (κ2) is 4.40. The quantitative estimate of drug-likeness (QED) is 0.821. The molecule has 0 spiro atoms. The van der Waals surface area contributed by atoms with Gasteiger partial charge in [-0.05, 0) is 58.7 Å². The molecule has 0 amide bonds. The van der Waals surface area contributed by atoms with Crippen molar-refractivity contribution < 1.29 is 4.42 Å². The molecule has 1 rings (SSSR count). The van der Waals surface area contributed by atoms with Gasteiger partial charge in [0, 0.05) is 0 Å². The van der Waals surface area contributed by atoms with Crippen LogP contribution in [0.3, 0.4) is 0 Å². The van der Waals surface area contributed by atoms with Crippen molar-refractivity contribution in [1.82, 2.24) is 5.32 Å². The van der Waals surface area contributed by atoms with Crippen molar-refractivity contribution in [3.8, 4) is 0 Å². The molecule has 1 aromatic heterocycles. The number of rotatable bonds is 4. The highest BCUT2D eigenvalue weighted by molar-refractivity contribution is 5.33. The fraction of sp³-hybridized carbons (Fsp3) is 0.692. The SMILES string of the molecule is CCCNC(C)(C)c1oc(C)c(C)c1C. The average Bonchev–Trinajstić information content (AvgIpc) is 2.43. The van der Waals surface area contributed by atoms with Gasteiger partial charge in [-0.25, -0.2) is 0 Å². The van der Waals surface area contributed by atoms with Crippen LogP contribution in [0, 0.1) is 20.8 Å². The molecule has 2 nitrogen and oxygen atoms in total. The zero-order valence-corrected chi connectivity index (χ0v) is 10.8. The summed E-state index contributed by atoms with van der Waals surface area (Å²) >= 11 is 0. The molecule has 0 aliphatic rings. The highest BCUT2D eigenvalue weighted by atomic mass is 16.3. The molecular weight excluding hydrogens is 186 g/mol. The summed E-state index contributed by atoms with van der Waals surface area (Å²) in [6.07, 6.45) is 1.14. The van der Waals surface area contributed by atoms with Gasteiger partial charge in [-0.15, -0.1) is 0 Å². The third-order valence-electron chi connectivity index (χ3n) is 3.07. The maximum absolute atomic E-state index is 5.84. The van der Waals surface area contributed by atoms with E-state index in [2.05, 4.69) is 39.9 Å². The maximum atomic E-state index is 5.84. The van der Waals surface area contributed by atoms with E-state index >= 15 is 0 Å². The Balaban J connectivity index is 2.98. The molecule has 2 heteroatoms. The third-order valence-corrected chi connectivity index (χ3v) is 3.07. The highest BCUT2D eigenvalue weighted by Crippen LogP contribution is 2.29. The van der Waals surface area contributed by atoms with E-state index in [0.29, 0.717) is 0 Å². The van der Waals surface area contributed by atoms with Crippen LogP contribution in [0.2, 0.25) is 0 Å². The Labute approximate surface area is 93.1 Å². The van der Waals surface area contributed by atoms with Gasteiger partial charge in [0.25, 0.3) is 0 Å². The van der Waals surface area contributed by atoms with Crippen LogP contribution in [0.25, 0.3) is 0 Å². The van der Waals surface area contributed by atoms with Gasteiger partial charge in [-0.2, -0.15) is 0 Å². The van der Waals surface area contributed by atoms with Gasteiger partial charge in [0.1, 0.15) is 11.5 Å². The van der Waals surface area contributed by atoms with Gasteiger partial charge in [0.2, 0.25) is 0 Å². The normalized spacial score (nSPS) is 12.1. The molecule has 0 aliphatic heterocycles. The molecule has 0 radical (unpaired) electrons. The minimum absolute atomic E-state index is 0.0703. The Hall–Kier alpha value is -0.760. The van der Waals surface area contributed by atoms with Crippen molar-refractivity contribution >= 4 is 0 Å². The number of hydrogen-bond acceptors (Lipinski definition) is 2. The lowest BCUT2D eigenvalue weighted by molar-refractivity contribution is 0.313. The highest BCUT2D eigenvalue weighted by Gasteiger charge is 2.27. The van der Waals surface area contributed by atoms with Crippen LogP contribution in [0.1, 0.15) is 49.8 Å². The van der Waals surface area contributed by atoms with Crippen LogP contribution in [-0.2, 0) is 5.54 Å². The first-order chi connectivity index (χ1) is 6.90. The van der Waals surface area contributed by atoms with Crippen LogP contribution >= 0.6 is 0 Å². The first-order valence-electron chi connectivity index (χ1n) is 5.72. The molecule has 0 aliphatic carbocycles. The smallest absolute Gasteiger partial charge is 0.126 e. The number of aryl methyl sites for hydroxylation is 1. The van der Waals surface area contributed by atoms with Crippen LogP contribution in [0.4, 0.5) is 0 Å².